The van der Waals surface area contributed by atoms with Gasteiger partial charge in [0.2, 0.25) is 0 Å². The summed E-state index contributed by atoms with van der Waals surface area (Å²) < 4.78 is 2.13. The van der Waals surface area contributed by atoms with Crippen LogP contribution in [0.5, 0.6) is 0 Å². The average molecular weight is 216 g/mol. The van der Waals surface area contributed by atoms with E-state index in [9.17, 15) is 0 Å². The molecule has 0 radical (unpaired) electrons. The fourth-order valence-corrected chi connectivity index (χ4v) is 1.92. The van der Waals surface area contributed by atoms with E-state index in [2.05, 4.69) is 19.9 Å². The summed E-state index contributed by atoms with van der Waals surface area (Å²) >= 11 is 0. The summed E-state index contributed by atoms with van der Waals surface area (Å²) in [6.07, 6.45) is 3.61. The minimum atomic E-state index is 0.780. The summed E-state index contributed by atoms with van der Waals surface area (Å²) in [5.74, 6) is 1.05. The smallest absolute Gasteiger partial charge is 0.123 e. The van der Waals surface area contributed by atoms with Crippen LogP contribution < -0.4 is 5.32 Å². The van der Waals surface area contributed by atoms with E-state index in [1.54, 1.807) is 12.4 Å². The van der Waals surface area contributed by atoms with Crippen molar-refractivity contribution in [3.63, 3.8) is 0 Å². The summed E-state index contributed by atoms with van der Waals surface area (Å²) in [4.78, 5) is 8.59. The summed E-state index contributed by atoms with van der Waals surface area (Å²) in [5, 5.41) is 3.12. The van der Waals surface area contributed by atoms with Crippen LogP contribution in [0.2, 0.25) is 0 Å². The van der Waals surface area contributed by atoms with Crippen LogP contribution in [0.25, 0.3) is 11.3 Å². The number of aryl methyl sites for hydroxylation is 1. The molecule has 2 heterocycles. The Hall–Kier alpha value is -1.68. The van der Waals surface area contributed by atoms with Gasteiger partial charge in [-0.15, -0.1) is 0 Å². The van der Waals surface area contributed by atoms with Crippen molar-refractivity contribution < 1.29 is 0 Å². The van der Waals surface area contributed by atoms with Crippen molar-refractivity contribution in [3.05, 3.63) is 36.0 Å². The Labute approximate surface area is 95.4 Å². The average Bonchev–Trinajstić information content (AvgIpc) is 2.56. The molecule has 0 aromatic carbocycles. The van der Waals surface area contributed by atoms with Gasteiger partial charge >= 0.3 is 0 Å². The molecule has 0 saturated carbocycles. The lowest BCUT2D eigenvalue weighted by Gasteiger charge is -2.06. The normalized spacial score (nSPS) is 10.7. The molecule has 0 aliphatic carbocycles. The molecule has 0 aliphatic heterocycles. The van der Waals surface area contributed by atoms with Crippen molar-refractivity contribution in [1.82, 2.24) is 19.9 Å². The lowest BCUT2D eigenvalue weighted by Crippen LogP contribution is -2.10. The van der Waals surface area contributed by atoms with E-state index in [0.29, 0.717) is 0 Å². The van der Waals surface area contributed by atoms with Crippen molar-refractivity contribution in [2.24, 2.45) is 7.05 Å². The highest BCUT2D eigenvalue weighted by atomic mass is 15.1. The Morgan fingerprint density at radius 3 is 2.62 bits per heavy atom. The predicted molar refractivity (Wildman–Crippen MR) is 63.9 cm³/mol. The third-order valence-corrected chi connectivity index (χ3v) is 2.65. The number of hydrogen-bond acceptors (Lipinski definition) is 3. The highest BCUT2D eigenvalue weighted by Crippen LogP contribution is 2.22. The highest BCUT2D eigenvalue weighted by molar-refractivity contribution is 5.62. The first-order valence-electron chi connectivity index (χ1n) is 5.31. The third kappa shape index (κ3) is 1.84. The maximum atomic E-state index is 4.56. The van der Waals surface area contributed by atoms with Crippen molar-refractivity contribution in [1.29, 1.82) is 0 Å². The molecule has 0 aliphatic rings. The molecular weight excluding hydrogens is 200 g/mol. The molecule has 4 nitrogen and oxygen atoms in total. The zero-order valence-electron chi connectivity index (χ0n) is 9.86. The second-order valence-corrected chi connectivity index (χ2v) is 3.79. The van der Waals surface area contributed by atoms with Gasteiger partial charge in [0.05, 0.1) is 17.9 Å². The third-order valence-electron chi connectivity index (χ3n) is 2.65. The van der Waals surface area contributed by atoms with Gasteiger partial charge in [-0.2, -0.15) is 0 Å². The molecule has 0 atom stereocenters. The molecule has 0 spiro atoms. The molecule has 2 aromatic rings. The Balaban J connectivity index is 2.49. The van der Waals surface area contributed by atoms with Crippen LogP contribution in [0.4, 0.5) is 0 Å². The number of pyridine rings is 1. The van der Waals surface area contributed by atoms with Gasteiger partial charge in [-0.3, -0.25) is 4.98 Å². The topological polar surface area (TPSA) is 42.7 Å². The van der Waals surface area contributed by atoms with E-state index in [4.69, 9.17) is 0 Å². The van der Waals surface area contributed by atoms with E-state index in [1.165, 1.54) is 0 Å². The molecule has 2 rings (SSSR count). The Morgan fingerprint density at radius 2 is 2.00 bits per heavy atom. The van der Waals surface area contributed by atoms with E-state index in [0.717, 1.165) is 29.3 Å². The van der Waals surface area contributed by atoms with Gasteiger partial charge in [0.25, 0.3) is 0 Å². The second-order valence-electron chi connectivity index (χ2n) is 3.79. The van der Waals surface area contributed by atoms with Crippen LogP contribution >= 0.6 is 0 Å². The predicted octanol–water partition coefficient (Wildman–Crippen LogP) is 1.51. The van der Waals surface area contributed by atoms with Crippen molar-refractivity contribution in [3.8, 4) is 11.3 Å². The van der Waals surface area contributed by atoms with Gasteiger partial charge in [-0.25, -0.2) is 4.98 Å². The minimum Gasteiger partial charge on any atom is -0.330 e. The molecule has 0 amide bonds. The number of rotatable bonds is 3. The van der Waals surface area contributed by atoms with Gasteiger partial charge in [0.1, 0.15) is 5.82 Å². The Morgan fingerprint density at radius 1 is 1.31 bits per heavy atom. The zero-order chi connectivity index (χ0) is 11.5. The highest BCUT2D eigenvalue weighted by Gasteiger charge is 2.12. The molecule has 0 bridgehead atoms. The first-order chi connectivity index (χ1) is 7.74. The van der Waals surface area contributed by atoms with Crippen LogP contribution in [-0.2, 0) is 13.6 Å². The summed E-state index contributed by atoms with van der Waals surface area (Å²) in [5.41, 5.74) is 3.37. The van der Waals surface area contributed by atoms with Gasteiger partial charge in [-0.1, -0.05) is 0 Å². The number of aromatic nitrogens is 3. The molecule has 1 N–H and O–H groups in total. The van der Waals surface area contributed by atoms with Gasteiger partial charge in [0.15, 0.2) is 0 Å². The lowest BCUT2D eigenvalue weighted by atomic mass is 10.1. The molecule has 0 unspecified atom stereocenters. The van der Waals surface area contributed by atoms with E-state index in [1.807, 2.05) is 33.2 Å². The zero-order valence-corrected chi connectivity index (χ0v) is 9.86. The minimum absolute atomic E-state index is 0.780. The van der Waals surface area contributed by atoms with E-state index < -0.39 is 0 Å². The maximum absolute atomic E-state index is 4.56. The van der Waals surface area contributed by atoms with E-state index >= 15 is 0 Å². The van der Waals surface area contributed by atoms with Crippen molar-refractivity contribution >= 4 is 0 Å². The SMILES string of the molecule is CNCc1nc(C)c(-c2ccncc2)n1C. The monoisotopic (exact) mass is 216 g/mol. The van der Waals surface area contributed by atoms with Gasteiger partial charge in [0, 0.05) is 25.0 Å². The first kappa shape index (κ1) is 10.8. The van der Waals surface area contributed by atoms with Gasteiger partial charge in [-0.05, 0) is 26.1 Å². The van der Waals surface area contributed by atoms with E-state index in [-0.39, 0.29) is 0 Å². The number of nitrogens with one attached hydrogen (secondary N) is 1. The second kappa shape index (κ2) is 4.45. The fourth-order valence-electron chi connectivity index (χ4n) is 1.92. The molecule has 0 fully saturated rings. The van der Waals surface area contributed by atoms with Crippen molar-refractivity contribution in [2.75, 3.05) is 7.05 Å². The van der Waals surface area contributed by atoms with Crippen LogP contribution in [0, 0.1) is 6.92 Å². The Kier molecular flexibility index (Phi) is 3.01. The number of imidazole rings is 1. The number of hydrogen-bond donors (Lipinski definition) is 1. The lowest BCUT2D eigenvalue weighted by molar-refractivity contribution is 0.712. The molecule has 2 aromatic heterocycles. The van der Waals surface area contributed by atoms with Crippen LogP contribution in [-0.4, -0.2) is 21.6 Å². The standard InChI is InChI=1S/C12H16N4/c1-9-12(10-4-6-14-7-5-10)16(3)11(15-9)8-13-2/h4-7,13H,8H2,1-3H3. The van der Waals surface area contributed by atoms with Gasteiger partial charge < -0.3 is 9.88 Å². The Bertz CT molecular complexity index is 473. The quantitative estimate of drug-likeness (QED) is 0.845. The van der Waals surface area contributed by atoms with Crippen LogP contribution in [0.1, 0.15) is 11.5 Å². The van der Waals surface area contributed by atoms with Crippen molar-refractivity contribution in [2.45, 2.75) is 13.5 Å². The maximum Gasteiger partial charge on any atom is 0.123 e. The number of nitrogens with zero attached hydrogens (tertiary/aromatic N) is 3. The summed E-state index contributed by atoms with van der Waals surface area (Å²) in [7, 11) is 3.97. The largest absolute Gasteiger partial charge is 0.330 e. The summed E-state index contributed by atoms with van der Waals surface area (Å²) in [6.45, 7) is 2.82. The summed E-state index contributed by atoms with van der Waals surface area (Å²) in [6, 6.07) is 4.01. The first-order valence-corrected chi connectivity index (χ1v) is 5.31. The molecule has 84 valence electrons. The molecule has 0 saturated heterocycles. The molecular formula is C12H16N4. The molecule has 16 heavy (non-hydrogen) atoms. The fraction of sp³-hybridized carbons (Fsp3) is 0.333. The van der Waals surface area contributed by atoms with Crippen LogP contribution in [0.15, 0.2) is 24.5 Å². The van der Waals surface area contributed by atoms with Crippen LogP contribution in [0.3, 0.4) is 0 Å². The molecule has 4 heteroatoms.